The highest BCUT2D eigenvalue weighted by Gasteiger charge is 2.31. The van der Waals surface area contributed by atoms with Crippen LogP contribution in [-0.2, 0) is 6.42 Å². The lowest BCUT2D eigenvalue weighted by molar-refractivity contribution is 0.0988. The van der Waals surface area contributed by atoms with E-state index in [2.05, 4.69) is 19.9 Å². The zero-order valence-corrected chi connectivity index (χ0v) is 22.3. The zero-order valence-electron chi connectivity index (χ0n) is 22.3. The molecule has 9 nitrogen and oxygen atoms in total. The minimum Gasteiger partial charge on any atom is -0.496 e. The number of ketones is 1. The maximum atomic E-state index is 14.7. The fourth-order valence-corrected chi connectivity index (χ4v) is 5.14. The number of aromatic nitrogens is 3. The summed E-state index contributed by atoms with van der Waals surface area (Å²) in [6.45, 7) is 0.470. The summed E-state index contributed by atoms with van der Waals surface area (Å²) in [5.41, 5.74) is 9.77. The lowest BCUT2D eigenvalue weighted by atomic mass is 9.98. The third-order valence-electron chi connectivity index (χ3n) is 7.08. The van der Waals surface area contributed by atoms with Crippen molar-refractivity contribution in [2.75, 3.05) is 32.3 Å². The first-order valence-corrected chi connectivity index (χ1v) is 12.9. The molecule has 0 bridgehead atoms. The smallest absolute Gasteiger partial charge is 0.185 e. The number of nitrogens with two attached hydrogens (primary N) is 1. The predicted molar refractivity (Wildman–Crippen MR) is 149 cm³/mol. The number of methoxy groups -OCH3 is 2. The van der Waals surface area contributed by atoms with Crippen molar-refractivity contribution >= 4 is 11.5 Å². The number of carbonyl (C=O) groups excluding carboxylic acids is 1. The molecule has 0 saturated carbocycles. The van der Waals surface area contributed by atoms with Gasteiger partial charge in [-0.1, -0.05) is 18.2 Å². The van der Waals surface area contributed by atoms with Gasteiger partial charge in [0.2, 0.25) is 0 Å². The summed E-state index contributed by atoms with van der Waals surface area (Å²) in [6, 6.07) is 13.3. The van der Waals surface area contributed by atoms with Crippen LogP contribution >= 0.6 is 0 Å². The van der Waals surface area contributed by atoms with Crippen molar-refractivity contribution in [3.63, 3.8) is 0 Å². The lowest BCUT2D eigenvalue weighted by Crippen LogP contribution is -2.33. The average Bonchev–Trinajstić information content (AvgIpc) is 3.37. The summed E-state index contributed by atoms with van der Waals surface area (Å²) < 4.78 is 25.5. The van der Waals surface area contributed by atoms with Gasteiger partial charge in [0, 0.05) is 42.7 Å². The van der Waals surface area contributed by atoms with Crippen LogP contribution in [0.4, 0.5) is 10.1 Å². The third-order valence-corrected chi connectivity index (χ3v) is 7.08. The molecule has 4 aromatic rings. The first kappa shape index (κ1) is 27.2. The Morgan fingerprint density at radius 2 is 1.95 bits per heavy atom. The first-order chi connectivity index (χ1) is 19.4. The molecule has 2 aromatic heterocycles. The Morgan fingerprint density at radius 3 is 2.73 bits per heavy atom. The van der Waals surface area contributed by atoms with Gasteiger partial charge >= 0.3 is 0 Å². The molecule has 1 fully saturated rings. The average molecular weight is 544 g/mol. The van der Waals surface area contributed by atoms with Crippen LogP contribution in [0.5, 0.6) is 11.5 Å². The van der Waals surface area contributed by atoms with Gasteiger partial charge in [0.25, 0.3) is 0 Å². The third kappa shape index (κ3) is 5.36. The second kappa shape index (κ2) is 11.8. The molecule has 5 rings (SSSR count). The van der Waals surface area contributed by atoms with Gasteiger partial charge in [0.1, 0.15) is 23.0 Å². The lowest BCUT2D eigenvalue weighted by Gasteiger charge is -2.28. The molecule has 0 aliphatic carbocycles. The molecule has 40 heavy (non-hydrogen) atoms. The number of halogens is 1. The summed E-state index contributed by atoms with van der Waals surface area (Å²) in [4.78, 5) is 28.3. The highest BCUT2D eigenvalue weighted by atomic mass is 19.1. The molecule has 0 amide bonds. The molecule has 0 unspecified atom stereocenters. The zero-order chi connectivity index (χ0) is 28.2. The van der Waals surface area contributed by atoms with Crippen LogP contribution < -0.4 is 20.1 Å². The monoisotopic (exact) mass is 543 g/mol. The fourth-order valence-electron chi connectivity index (χ4n) is 5.14. The molecule has 1 aliphatic rings. The van der Waals surface area contributed by atoms with E-state index >= 15 is 0 Å². The molecule has 0 spiro atoms. The first-order valence-electron chi connectivity index (χ1n) is 12.9. The summed E-state index contributed by atoms with van der Waals surface area (Å²) >= 11 is 0. The topological polar surface area (TPSA) is 124 Å². The number of nitrogens with zero attached hydrogens (tertiary/aromatic N) is 4. The number of anilines is 1. The molecule has 206 valence electrons. The van der Waals surface area contributed by atoms with Crippen molar-refractivity contribution in [2.45, 2.75) is 24.9 Å². The number of benzene rings is 2. The number of carbonyl (C=O) groups is 1. The summed E-state index contributed by atoms with van der Waals surface area (Å²) in [7, 11) is 3.02. The number of Topliss-reactive ketones (excluding diaryl/α,β-unsaturated/α-hetero) is 1. The van der Waals surface area contributed by atoms with Crippen LogP contribution in [0.15, 0.2) is 67.1 Å². The normalized spacial score (nSPS) is 16.7. The van der Waals surface area contributed by atoms with Crippen LogP contribution in [0.2, 0.25) is 0 Å². The fraction of sp³-hybridized carbons (Fsp3) is 0.267. The van der Waals surface area contributed by atoms with Gasteiger partial charge in [-0.3, -0.25) is 9.78 Å². The van der Waals surface area contributed by atoms with Gasteiger partial charge in [-0.05, 0) is 47.9 Å². The molecule has 0 radical (unpaired) electrons. The van der Waals surface area contributed by atoms with Crippen LogP contribution in [0.1, 0.15) is 22.5 Å². The van der Waals surface area contributed by atoms with Gasteiger partial charge < -0.3 is 25.2 Å². The van der Waals surface area contributed by atoms with E-state index < -0.39 is 5.82 Å². The van der Waals surface area contributed by atoms with Crippen LogP contribution in [0.25, 0.3) is 22.5 Å². The van der Waals surface area contributed by atoms with E-state index in [0.29, 0.717) is 18.7 Å². The van der Waals surface area contributed by atoms with Gasteiger partial charge in [-0.15, -0.1) is 0 Å². The molecule has 2 aromatic carbocycles. The number of pyridine rings is 1. The molecule has 3 heterocycles. The minimum atomic E-state index is -0.547. The second-order valence-corrected chi connectivity index (χ2v) is 9.59. The Labute approximate surface area is 231 Å². The SMILES string of the molecule is COc1cnccc1-c1ccc(CC(=O)c2ccnc(-c3c(F)cccc3OC)n2)c(N2C[C@@H](N)C[C@H]2CO)c1. The Morgan fingerprint density at radius 1 is 1.12 bits per heavy atom. The van der Waals surface area contributed by atoms with Crippen molar-refractivity contribution in [3.05, 3.63) is 84.2 Å². The van der Waals surface area contributed by atoms with E-state index in [4.69, 9.17) is 15.2 Å². The summed E-state index contributed by atoms with van der Waals surface area (Å²) in [5, 5.41) is 10.1. The quantitative estimate of drug-likeness (QED) is 0.304. The molecule has 2 atom stereocenters. The Hall–Kier alpha value is -4.41. The Kier molecular flexibility index (Phi) is 7.99. The number of hydrogen-bond donors (Lipinski definition) is 2. The maximum Gasteiger partial charge on any atom is 0.185 e. The van der Waals surface area contributed by atoms with Crippen molar-refractivity contribution in [1.82, 2.24) is 15.0 Å². The van der Waals surface area contributed by atoms with E-state index in [0.717, 1.165) is 22.4 Å². The highest BCUT2D eigenvalue weighted by molar-refractivity contribution is 5.97. The van der Waals surface area contributed by atoms with Crippen molar-refractivity contribution in [1.29, 1.82) is 0 Å². The number of aliphatic hydroxyl groups is 1. The highest BCUT2D eigenvalue weighted by Crippen LogP contribution is 2.36. The van der Waals surface area contributed by atoms with Gasteiger partial charge in [-0.2, -0.15) is 0 Å². The van der Waals surface area contributed by atoms with E-state index in [1.807, 2.05) is 24.3 Å². The number of aliphatic hydroxyl groups excluding tert-OH is 1. The Balaban J connectivity index is 1.53. The van der Waals surface area contributed by atoms with E-state index in [9.17, 15) is 14.3 Å². The molecule has 1 saturated heterocycles. The van der Waals surface area contributed by atoms with Crippen LogP contribution in [-0.4, -0.2) is 65.3 Å². The summed E-state index contributed by atoms with van der Waals surface area (Å²) in [6.07, 6.45) is 5.42. The van der Waals surface area contributed by atoms with Crippen molar-refractivity contribution < 1.29 is 23.8 Å². The molecular formula is C30H30FN5O4. The maximum absolute atomic E-state index is 14.7. The number of hydrogen-bond acceptors (Lipinski definition) is 9. The number of rotatable bonds is 9. The summed E-state index contributed by atoms with van der Waals surface area (Å²) in [5.74, 6) is 0.139. The van der Waals surface area contributed by atoms with Gasteiger partial charge in [-0.25, -0.2) is 14.4 Å². The number of ether oxygens (including phenoxy) is 2. The van der Waals surface area contributed by atoms with Crippen LogP contribution in [0, 0.1) is 5.82 Å². The van der Waals surface area contributed by atoms with E-state index in [1.165, 1.54) is 31.5 Å². The molecule has 10 heteroatoms. The molecule has 1 aliphatic heterocycles. The Bertz CT molecular complexity index is 1530. The molecule has 3 N–H and O–H groups in total. The van der Waals surface area contributed by atoms with Gasteiger partial charge in [0.05, 0.1) is 38.6 Å². The van der Waals surface area contributed by atoms with E-state index in [1.54, 1.807) is 25.6 Å². The molecular weight excluding hydrogens is 513 g/mol. The van der Waals surface area contributed by atoms with Gasteiger partial charge in [0.15, 0.2) is 11.6 Å². The predicted octanol–water partition coefficient (Wildman–Crippen LogP) is 3.69. The van der Waals surface area contributed by atoms with Crippen LogP contribution in [0.3, 0.4) is 0 Å². The standard InChI is InChI=1S/C30H30FN5O4/c1-39-27-5-3-4-23(31)29(27)30-34-11-9-24(35-30)26(38)13-19-7-6-18(22-8-10-33-15-28(22)40-2)12-25(19)36-16-20(32)14-21(36)17-37/h3-12,15,20-21,37H,13-14,16-17,32H2,1-2H3/t20-,21-/m0/s1. The minimum absolute atomic E-state index is 0.0256. The van der Waals surface area contributed by atoms with E-state index in [-0.39, 0.29) is 53.7 Å². The van der Waals surface area contributed by atoms with Crippen molar-refractivity contribution in [2.24, 2.45) is 5.73 Å². The second-order valence-electron chi connectivity index (χ2n) is 9.59. The van der Waals surface area contributed by atoms with Crippen molar-refractivity contribution in [3.8, 4) is 34.0 Å². The largest absolute Gasteiger partial charge is 0.496 e.